The third kappa shape index (κ3) is 2.70. The van der Waals surface area contributed by atoms with Crippen molar-refractivity contribution in [1.29, 1.82) is 0 Å². The van der Waals surface area contributed by atoms with Crippen LogP contribution in [0, 0.1) is 0 Å². The van der Waals surface area contributed by atoms with Gasteiger partial charge in [-0.25, -0.2) is 0 Å². The Bertz CT molecular complexity index is 899. The van der Waals surface area contributed by atoms with Crippen LogP contribution in [0.4, 0.5) is 5.69 Å². The summed E-state index contributed by atoms with van der Waals surface area (Å²) in [7, 11) is 0. The maximum atomic E-state index is 6.36. The number of fused-ring (bicyclic) bond motifs is 1. The van der Waals surface area contributed by atoms with Crippen LogP contribution in [-0.4, -0.2) is 37.2 Å². The summed E-state index contributed by atoms with van der Waals surface area (Å²) in [5.41, 5.74) is 7.46. The highest BCUT2D eigenvalue weighted by molar-refractivity contribution is 6.31. The molecule has 4 heterocycles. The van der Waals surface area contributed by atoms with Gasteiger partial charge in [0.2, 0.25) is 0 Å². The maximum Gasteiger partial charge on any atom is 0.0539 e. The van der Waals surface area contributed by atoms with E-state index in [1.165, 1.54) is 16.8 Å². The minimum Gasteiger partial charge on any atom is -0.379 e. The van der Waals surface area contributed by atoms with Crippen LogP contribution in [0.2, 0.25) is 0 Å². The number of nitrogens with zero attached hydrogens (tertiary/aromatic N) is 2. The van der Waals surface area contributed by atoms with Crippen molar-refractivity contribution >= 4 is 28.6 Å². The summed E-state index contributed by atoms with van der Waals surface area (Å²) in [6.45, 7) is 3.98. The molecule has 3 aliphatic heterocycles. The Morgan fingerprint density at radius 2 is 1.92 bits per heavy atom. The van der Waals surface area contributed by atoms with E-state index in [2.05, 4.69) is 44.8 Å². The van der Waals surface area contributed by atoms with Gasteiger partial charge in [-0.15, -0.1) is 0 Å². The van der Waals surface area contributed by atoms with Crippen LogP contribution >= 0.6 is 11.6 Å². The fourth-order valence-corrected chi connectivity index (χ4v) is 4.20. The average Bonchev–Trinajstić information content (AvgIpc) is 3.04. The van der Waals surface area contributed by atoms with Gasteiger partial charge in [-0.3, -0.25) is 4.98 Å². The Morgan fingerprint density at radius 3 is 2.69 bits per heavy atom. The van der Waals surface area contributed by atoms with Crippen LogP contribution in [0.25, 0.3) is 11.3 Å². The molecular weight excluding hydrogens is 344 g/mol. The zero-order valence-electron chi connectivity index (χ0n) is 14.5. The molecular formula is C21H21ClN4. The molecule has 0 radical (unpaired) electrons. The normalized spacial score (nSPS) is 19.7. The van der Waals surface area contributed by atoms with Gasteiger partial charge in [0.1, 0.15) is 0 Å². The van der Waals surface area contributed by atoms with E-state index < -0.39 is 0 Å². The Balaban J connectivity index is 1.56. The molecule has 5 heteroatoms. The largest absolute Gasteiger partial charge is 0.379 e. The van der Waals surface area contributed by atoms with Gasteiger partial charge in [-0.05, 0) is 47.9 Å². The third-order valence-corrected chi connectivity index (χ3v) is 5.74. The molecule has 0 bridgehead atoms. The smallest absolute Gasteiger partial charge is 0.0539 e. The Morgan fingerprint density at radius 1 is 1.08 bits per heavy atom. The fraction of sp³-hybridized carbons (Fsp3) is 0.286. The van der Waals surface area contributed by atoms with Gasteiger partial charge in [0, 0.05) is 59.6 Å². The number of hydrogen-bond donors (Lipinski definition) is 2. The van der Waals surface area contributed by atoms with E-state index in [1.54, 1.807) is 0 Å². The number of anilines is 1. The number of rotatable bonds is 3. The third-order valence-electron chi connectivity index (χ3n) is 5.50. The van der Waals surface area contributed by atoms with Gasteiger partial charge >= 0.3 is 0 Å². The molecule has 1 aromatic carbocycles. The number of halogens is 1. The van der Waals surface area contributed by atoms with Crippen molar-refractivity contribution in [3.63, 3.8) is 0 Å². The second-order valence-corrected chi connectivity index (χ2v) is 7.55. The zero-order chi connectivity index (χ0) is 17.5. The lowest BCUT2D eigenvalue weighted by atomic mass is 9.95. The Kier molecular flexibility index (Phi) is 3.95. The van der Waals surface area contributed by atoms with Crippen molar-refractivity contribution in [3.05, 3.63) is 70.5 Å². The highest BCUT2D eigenvalue weighted by Crippen LogP contribution is 2.36. The molecule has 4 nitrogen and oxygen atoms in total. The molecule has 26 heavy (non-hydrogen) atoms. The molecule has 0 spiro atoms. The monoisotopic (exact) mass is 364 g/mol. The van der Waals surface area contributed by atoms with Crippen molar-refractivity contribution < 1.29 is 0 Å². The Hall–Kier alpha value is -2.30. The van der Waals surface area contributed by atoms with E-state index in [9.17, 15) is 0 Å². The summed E-state index contributed by atoms with van der Waals surface area (Å²) in [5, 5.41) is 7.69. The number of benzene rings is 1. The van der Waals surface area contributed by atoms with E-state index in [1.807, 2.05) is 24.5 Å². The molecule has 0 unspecified atom stereocenters. The van der Waals surface area contributed by atoms with Crippen molar-refractivity contribution in [2.24, 2.45) is 0 Å². The summed E-state index contributed by atoms with van der Waals surface area (Å²) >= 11 is 6.36. The quantitative estimate of drug-likeness (QED) is 0.878. The predicted molar refractivity (Wildman–Crippen MR) is 107 cm³/mol. The van der Waals surface area contributed by atoms with Crippen LogP contribution in [0.1, 0.15) is 16.7 Å². The lowest BCUT2D eigenvalue weighted by Crippen LogP contribution is -2.56. The zero-order valence-corrected chi connectivity index (χ0v) is 15.3. The van der Waals surface area contributed by atoms with Crippen LogP contribution in [0.5, 0.6) is 0 Å². The number of hydrogen-bond acceptors (Lipinski definition) is 4. The van der Waals surface area contributed by atoms with Crippen molar-refractivity contribution in [3.8, 4) is 0 Å². The van der Waals surface area contributed by atoms with E-state index >= 15 is 0 Å². The average molecular weight is 365 g/mol. The maximum absolute atomic E-state index is 6.36. The molecule has 0 atom stereocenters. The molecule has 2 aromatic rings. The van der Waals surface area contributed by atoms with Gasteiger partial charge in [0.05, 0.1) is 12.6 Å². The second-order valence-electron chi connectivity index (χ2n) is 7.07. The number of pyridine rings is 1. The molecule has 2 N–H and O–H groups in total. The topological polar surface area (TPSA) is 40.2 Å². The number of allylic oxidation sites excluding steroid dienone is 2. The second kappa shape index (κ2) is 6.45. The predicted octanol–water partition coefficient (Wildman–Crippen LogP) is 3.01. The summed E-state index contributed by atoms with van der Waals surface area (Å²) in [5.74, 6) is 0. The van der Waals surface area contributed by atoms with Gasteiger partial charge in [-0.2, -0.15) is 0 Å². The molecule has 0 saturated carbocycles. The van der Waals surface area contributed by atoms with E-state index in [-0.39, 0.29) is 0 Å². The van der Waals surface area contributed by atoms with Gasteiger partial charge in [0.25, 0.3) is 0 Å². The standard InChI is InChI=1S/C21H21ClN4/c22-17-10-19(21(25-11-17)14-3-6-23-7-4-14)15-1-2-20-16(9-15)5-8-26(20)18-12-24-13-18/h1-4,6-7,9-10,18,24-25H,5,8,11-13H2. The van der Waals surface area contributed by atoms with Crippen LogP contribution in [0.15, 0.2) is 53.8 Å². The molecule has 1 saturated heterocycles. The van der Waals surface area contributed by atoms with Crippen LogP contribution in [0.3, 0.4) is 0 Å². The van der Waals surface area contributed by atoms with Gasteiger partial charge in [0.15, 0.2) is 0 Å². The van der Waals surface area contributed by atoms with Gasteiger partial charge in [-0.1, -0.05) is 17.7 Å². The SMILES string of the molecule is ClC1=CC(c2ccc3c(c2)CCN3C2CNC2)=C(c2ccncc2)NC1. The van der Waals surface area contributed by atoms with Crippen LogP contribution in [-0.2, 0) is 6.42 Å². The summed E-state index contributed by atoms with van der Waals surface area (Å²) < 4.78 is 0. The molecule has 1 fully saturated rings. The number of aromatic nitrogens is 1. The minimum absolute atomic E-state index is 0.652. The number of dihydropyridines is 1. The first-order valence-electron chi connectivity index (χ1n) is 9.15. The molecule has 3 aliphatic rings. The lowest BCUT2D eigenvalue weighted by molar-refractivity contribution is 0.420. The minimum atomic E-state index is 0.652. The Labute approximate surface area is 158 Å². The lowest BCUT2D eigenvalue weighted by Gasteiger charge is -2.37. The summed E-state index contributed by atoms with van der Waals surface area (Å²) in [6.07, 6.45) is 6.87. The highest BCUT2D eigenvalue weighted by atomic mass is 35.5. The molecule has 132 valence electrons. The van der Waals surface area contributed by atoms with Crippen molar-refractivity contribution in [1.82, 2.24) is 15.6 Å². The van der Waals surface area contributed by atoms with E-state index in [0.29, 0.717) is 12.6 Å². The van der Waals surface area contributed by atoms with E-state index in [0.717, 1.165) is 47.9 Å². The fourth-order valence-electron chi connectivity index (χ4n) is 4.02. The summed E-state index contributed by atoms with van der Waals surface area (Å²) in [6, 6.07) is 11.6. The molecule has 5 rings (SSSR count). The van der Waals surface area contributed by atoms with Crippen LogP contribution < -0.4 is 15.5 Å². The number of nitrogens with one attached hydrogen (secondary N) is 2. The van der Waals surface area contributed by atoms with Gasteiger partial charge < -0.3 is 15.5 Å². The first-order valence-corrected chi connectivity index (χ1v) is 9.53. The van der Waals surface area contributed by atoms with Crippen molar-refractivity contribution in [2.75, 3.05) is 31.1 Å². The molecule has 0 amide bonds. The van der Waals surface area contributed by atoms with E-state index in [4.69, 9.17) is 11.6 Å². The highest BCUT2D eigenvalue weighted by Gasteiger charge is 2.30. The summed E-state index contributed by atoms with van der Waals surface area (Å²) in [4.78, 5) is 6.69. The first-order chi connectivity index (χ1) is 12.8. The van der Waals surface area contributed by atoms with Crippen molar-refractivity contribution in [2.45, 2.75) is 12.5 Å². The molecule has 1 aromatic heterocycles. The molecule has 0 aliphatic carbocycles. The first kappa shape index (κ1) is 15.9.